The second-order valence-electron chi connectivity index (χ2n) is 21.1. The van der Waals surface area contributed by atoms with Gasteiger partial charge in [-0.2, -0.15) is 0 Å². The third-order valence-corrected chi connectivity index (χ3v) is 19.7. The molecule has 81 heavy (non-hydrogen) atoms. The fraction of sp³-hybridized carbons (Fsp3) is 0.397. The third-order valence-electron chi connectivity index (χ3n) is 15.8. The number of benzene rings is 4. The summed E-state index contributed by atoms with van der Waals surface area (Å²) in [5, 5.41) is 23.3. The van der Waals surface area contributed by atoms with Crippen LogP contribution in [0, 0.1) is 48.5 Å². The van der Waals surface area contributed by atoms with Gasteiger partial charge in [-0.25, -0.2) is 28.4 Å². The monoisotopic (exact) mass is 1280 g/mol. The van der Waals surface area contributed by atoms with Crippen molar-refractivity contribution in [3.05, 3.63) is 147 Å². The number of aliphatic hydroxyl groups is 1. The number of nitrogens with zero attached hydrogens (tertiary/aromatic N) is 6. The number of carbonyl (C=O) groups is 1. The minimum absolute atomic E-state index is 0.0353. The first-order chi connectivity index (χ1) is 39.2. The van der Waals surface area contributed by atoms with E-state index in [-0.39, 0.29) is 53.7 Å². The molecule has 6 aliphatic rings. The van der Waals surface area contributed by atoms with Crippen LogP contribution in [0.1, 0.15) is 90.9 Å². The van der Waals surface area contributed by atoms with Gasteiger partial charge in [0.05, 0.1) is 85.1 Å². The summed E-state index contributed by atoms with van der Waals surface area (Å²) in [7, 11) is 0. The third kappa shape index (κ3) is 11.4. The van der Waals surface area contributed by atoms with E-state index in [1.807, 2.05) is 6.07 Å². The Morgan fingerprint density at radius 3 is 1.57 bits per heavy atom. The molecule has 4 unspecified atom stereocenters. The lowest BCUT2D eigenvalue weighted by Gasteiger charge is -2.50. The molecular formula is C58H47BrCl4F2N6O8S2. The largest absolute Gasteiger partial charge is 0.382 e. The summed E-state index contributed by atoms with van der Waals surface area (Å²) >= 11 is 31.6. The van der Waals surface area contributed by atoms with Crippen molar-refractivity contribution in [2.45, 2.75) is 94.2 Å². The summed E-state index contributed by atoms with van der Waals surface area (Å²) in [5.74, 6) is 1.09. The average Bonchev–Trinajstić information content (AvgIpc) is 4.48. The number of hydrogen-bond donors (Lipinski definition) is 1. The van der Waals surface area contributed by atoms with Crippen LogP contribution in [-0.2, 0) is 42.6 Å². The lowest BCUT2D eigenvalue weighted by molar-refractivity contribution is -0.209. The van der Waals surface area contributed by atoms with Crippen molar-refractivity contribution in [1.29, 1.82) is 0 Å². The van der Waals surface area contributed by atoms with E-state index >= 15 is 0 Å². The van der Waals surface area contributed by atoms with Crippen molar-refractivity contribution in [2.75, 3.05) is 26.4 Å². The van der Waals surface area contributed by atoms with Crippen LogP contribution in [0.5, 0.6) is 0 Å². The van der Waals surface area contributed by atoms with E-state index in [0.29, 0.717) is 148 Å². The molecule has 8 aromatic rings. The van der Waals surface area contributed by atoms with Crippen molar-refractivity contribution in [3.63, 3.8) is 0 Å². The first-order valence-electron chi connectivity index (χ1n) is 26.3. The Hall–Kier alpha value is -4.97. The van der Waals surface area contributed by atoms with Crippen molar-refractivity contribution >= 4 is 123 Å². The van der Waals surface area contributed by atoms with Crippen LogP contribution < -0.4 is 0 Å². The number of ketones is 1. The molecule has 2 aliphatic heterocycles. The van der Waals surface area contributed by atoms with Crippen LogP contribution in [0.2, 0.25) is 20.1 Å². The molecule has 418 valence electrons. The highest BCUT2D eigenvalue weighted by Crippen LogP contribution is 2.53. The summed E-state index contributed by atoms with van der Waals surface area (Å²) in [5.41, 5.74) is 4.12. The molecule has 6 heterocycles. The van der Waals surface area contributed by atoms with E-state index in [1.54, 1.807) is 42.5 Å². The molecular weight excluding hydrogens is 1230 g/mol. The lowest BCUT2D eigenvalue weighted by atomic mass is 9.66. The highest BCUT2D eigenvalue weighted by molar-refractivity contribution is 9.11. The molecule has 4 aliphatic carbocycles. The molecule has 4 bridgehead atoms. The normalized spacial score (nSPS) is 24.0. The van der Waals surface area contributed by atoms with Crippen LogP contribution >= 0.6 is 85.0 Å². The Morgan fingerprint density at radius 2 is 1.10 bits per heavy atom. The van der Waals surface area contributed by atoms with Gasteiger partial charge in [0, 0.05) is 67.2 Å². The molecule has 14 nitrogen and oxygen atoms in total. The number of rotatable bonds is 11. The molecule has 6 fully saturated rings. The Morgan fingerprint density at radius 1 is 0.654 bits per heavy atom. The van der Waals surface area contributed by atoms with Gasteiger partial charge < -0.3 is 33.1 Å². The fourth-order valence-electron chi connectivity index (χ4n) is 11.5. The maximum atomic E-state index is 14.7. The molecule has 0 amide bonds. The van der Waals surface area contributed by atoms with E-state index in [0.717, 1.165) is 48.3 Å². The molecule has 2 saturated heterocycles. The second-order valence-corrected chi connectivity index (χ2v) is 26.1. The SMILES string of the molecule is O=C1C2COCC1CC(OCc1c(-c3c(Cl)cccc3Cl)noc1C1CC1)C2.[C-]#[N+]c1cc(F)c2nc(Br)sc2c1.[C-]#[N+]c1cc(F)c2nc(C3(O)C4COCC3CC(OCc3c(-c5c(Cl)cccc5Cl)noc3C3CC3)C4)sc2c1. The van der Waals surface area contributed by atoms with E-state index < -0.39 is 17.2 Å². The minimum atomic E-state index is -1.26. The molecule has 4 atom stereocenters. The Kier molecular flexibility index (Phi) is 16.5. The highest BCUT2D eigenvalue weighted by atomic mass is 79.9. The number of aromatic nitrogens is 4. The summed E-state index contributed by atoms with van der Waals surface area (Å²) in [6, 6.07) is 16.4. The van der Waals surface area contributed by atoms with Crippen molar-refractivity contribution in [1.82, 2.24) is 20.3 Å². The Labute approximate surface area is 499 Å². The molecule has 4 aromatic heterocycles. The Bertz CT molecular complexity index is 3750. The van der Waals surface area contributed by atoms with Gasteiger partial charge in [0.15, 0.2) is 15.3 Å². The van der Waals surface area contributed by atoms with Gasteiger partial charge in [-0.3, -0.25) is 4.79 Å². The van der Waals surface area contributed by atoms with E-state index in [2.05, 4.69) is 45.9 Å². The van der Waals surface area contributed by atoms with Gasteiger partial charge in [0.1, 0.15) is 62.0 Å². The lowest BCUT2D eigenvalue weighted by Crippen LogP contribution is -2.55. The number of halogens is 7. The van der Waals surface area contributed by atoms with Gasteiger partial charge >= 0.3 is 0 Å². The van der Waals surface area contributed by atoms with Crippen LogP contribution in [0.15, 0.2) is 73.6 Å². The molecule has 0 radical (unpaired) electrons. The van der Waals surface area contributed by atoms with Crippen molar-refractivity contribution < 1.29 is 46.7 Å². The minimum Gasteiger partial charge on any atom is -0.382 e. The number of hydrogen-bond acceptors (Lipinski definition) is 14. The predicted molar refractivity (Wildman–Crippen MR) is 307 cm³/mol. The number of thiazole rings is 2. The summed E-state index contributed by atoms with van der Waals surface area (Å²) in [4.78, 5) is 27.2. The number of carbonyl (C=O) groups excluding carboxylic acids is 1. The van der Waals surface area contributed by atoms with E-state index in [1.165, 1.54) is 34.8 Å². The van der Waals surface area contributed by atoms with Crippen LogP contribution in [0.3, 0.4) is 0 Å². The molecule has 0 spiro atoms. The molecule has 4 aromatic carbocycles. The molecule has 14 rings (SSSR count). The number of fused-ring (bicyclic) bond motifs is 6. The van der Waals surface area contributed by atoms with Gasteiger partial charge in [-0.1, -0.05) is 68.8 Å². The summed E-state index contributed by atoms with van der Waals surface area (Å²) < 4.78 is 65.4. The first-order valence-corrected chi connectivity index (χ1v) is 30.2. The molecule has 4 saturated carbocycles. The standard InChI is InChI=1S/C29H24Cl2FN3O4S.C21H21Cl2NO4.C8H2BrFN2S/c1-33-17-9-22(32)26-23(10-17)40-28(34-26)29(36)15-7-18(8-16(29)12-37-11-15)38-13-19-25(35-39-27(19)14-5-6-14)24-20(30)3-2-4-21(24)31;22-16-2-1-3-17(23)18(16)19-15(21(28-24-19)11-4-5-11)10-27-14-6-12-8-26-9-13(7-14)20(12)25;1-11-4-2-5(10)7-6(3-4)13-8(9)12-7/h2-4,9-10,14-16,18,36H,5-8,11-13H2;1-3,11-14H,4-10H2;2-3H. The van der Waals surface area contributed by atoms with Gasteiger partial charge in [0.2, 0.25) is 0 Å². The summed E-state index contributed by atoms with van der Waals surface area (Å²) in [6.07, 6.45) is 6.67. The average molecular weight is 1280 g/mol. The topological polar surface area (TPSA) is 161 Å². The van der Waals surface area contributed by atoms with Gasteiger partial charge in [-0.05, 0) is 116 Å². The highest BCUT2D eigenvalue weighted by Gasteiger charge is 2.55. The zero-order chi connectivity index (χ0) is 56.3. The fourth-order valence-corrected chi connectivity index (χ4v) is 15.3. The van der Waals surface area contributed by atoms with E-state index in [9.17, 15) is 18.7 Å². The van der Waals surface area contributed by atoms with Crippen LogP contribution in [0.4, 0.5) is 20.2 Å². The van der Waals surface area contributed by atoms with Crippen LogP contribution in [0.25, 0.3) is 52.6 Å². The molecule has 23 heteroatoms. The molecule has 1 N–H and O–H groups in total. The van der Waals surface area contributed by atoms with Gasteiger partial charge in [-0.15, -0.1) is 22.7 Å². The van der Waals surface area contributed by atoms with Gasteiger partial charge in [0.25, 0.3) is 0 Å². The zero-order valence-corrected chi connectivity index (χ0v) is 49.0. The van der Waals surface area contributed by atoms with Crippen molar-refractivity contribution in [3.8, 4) is 22.5 Å². The number of Topliss-reactive ketones (excluding diaryl/α,β-unsaturated/α-hetero) is 1. The zero-order valence-electron chi connectivity index (χ0n) is 42.7. The summed E-state index contributed by atoms with van der Waals surface area (Å²) in [6.45, 7) is 16.4. The van der Waals surface area contributed by atoms with E-state index in [4.69, 9.17) is 87.5 Å². The second kappa shape index (κ2) is 23.6. The maximum absolute atomic E-state index is 14.7. The number of ether oxygens (including phenoxy) is 4. The Balaban J connectivity index is 0.000000137. The smallest absolute Gasteiger partial charge is 0.191 e. The predicted octanol–water partition coefficient (Wildman–Crippen LogP) is 16.4. The van der Waals surface area contributed by atoms with Crippen LogP contribution in [-0.4, -0.2) is 69.8 Å². The van der Waals surface area contributed by atoms with Crippen molar-refractivity contribution in [2.24, 2.45) is 23.7 Å². The first kappa shape index (κ1) is 56.5. The maximum Gasteiger partial charge on any atom is 0.191 e. The quantitative estimate of drug-likeness (QED) is 0.122.